The van der Waals surface area contributed by atoms with E-state index in [-0.39, 0.29) is 18.1 Å². The van der Waals surface area contributed by atoms with Gasteiger partial charge in [-0.25, -0.2) is 0 Å². The van der Waals surface area contributed by atoms with Crippen LogP contribution in [0.3, 0.4) is 0 Å². The maximum Gasteiger partial charge on any atom is 0.297 e. The van der Waals surface area contributed by atoms with Crippen LogP contribution < -0.4 is 0 Å². The number of benzene rings is 1. The summed E-state index contributed by atoms with van der Waals surface area (Å²) >= 11 is 0. The quantitative estimate of drug-likeness (QED) is 0.361. The van der Waals surface area contributed by atoms with Crippen LogP contribution in [-0.2, 0) is 28.5 Å². The molecule has 0 fully saturated rings. The Balaban J connectivity index is 1.94. The number of hydrogen-bond donors (Lipinski definition) is 0. The van der Waals surface area contributed by atoms with Crippen LogP contribution in [0.25, 0.3) is 0 Å². The molecule has 0 bridgehead atoms. The molecule has 0 aliphatic rings. The lowest BCUT2D eigenvalue weighted by atomic mass is 10.4. The summed E-state index contributed by atoms with van der Waals surface area (Å²) in [4.78, 5) is 2.19. The van der Waals surface area contributed by atoms with Crippen molar-refractivity contribution in [3.63, 3.8) is 0 Å². The van der Waals surface area contributed by atoms with E-state index in [1.807, 2.05) is 14.1 Å². The summed E-state index contributed by atoms with van der Waals surface area (Å²) in [6.07, 6.45) is 0. The van der Waals surface area contributed by atoms with Crippen molar-refractivity contribution in [2.75, 3.05) is 66.9 Å². The van der Waals surface area contributed by atoms with Crippen molar-refractivity contribution in [2.24, 2.45) is 0 Å². The first-order chi connectivity index (χ1) is 11.5. The lowest BCUT2D eigenvalue weighted by Gasteiger charge is -2.10. The Hall–Kier alpha value is -1.03. The van der Waals surface area contributed by atoms with E-state index in [0.717, 1.165) is 6.54 Å². The van der Waals surface area contributed by atoms with Gasteiger partial charge in [0.25, 0.3) is 10.1 Å². The van der Waals surface area contributed by atoms with E-state index in [0.29, 0.717) is 33.0 Å². The Bertz CT molecular complexity index is 521. The molecule has 0 radical (unpaired) electrons. The number of nitrogens with zero attached hydrogens (tertiary/aromatic N) is 1. The van der Waals surface area contributed by atoms with Gasteiger partial charge >= 0.3 is 0 Å². The molecule has 0 N–H and O–H groups in total. The molecule has 0 aliphatic heterocycles. The van der Waals surface area contributed by atoms with Crippen molar-refractivity contribution in [1.82, 2.24) is 4.90 Å². The van der Waals surface area contributed by atoms with E-state index in [9.17, 15) is 8.42 Å². The maximum absolute atomic E-state index is 11.8. The summed E-state index contributed by atoms with van der Waals surface area (Å²) in [5.74, 6) is 0. The van der Waals surface area contributed by atoms with Gasteiger partial charge in [-0.2, -0.15) is 8.42 Å². The van der Waals surface area contributed by atoms with Gasteiger partial charge in [-0.05, 0) is 26.2 Å². The third kappa shape index (κ3) is 9.96. The lowest BCUT2D eigenvalue weighted by Crippen LogP contribution is -2.19. The minimum absolute atomic E-state index is 0.0229. The summed E-state index contributed by atoms with van der Waals surface area (Å²) in [5, 5.41) is 0. The van der Waals surface area contributed by atoms with Crippen molar-refractivity contribution >= 4 is 10.1 Å². The third-order valence-electron chi connectivity index (χ3n) is 2.92. The van der Waals surface area contributed by atoms with Crippen LogP contribution in [0.4, 0.5) is 0 Å². The molecule has 138 valence electrons. The summed E-state index contributed by atoms with van der Waals surface area (Å²) < 4.78 is 44.5. The van der Waals surface area contributed by atoms with E-state index in [2.05, 4.69) is 4.90 Å². The van der Waals surface area contributed by atoms with Crippen LogP contribution in [0.5, 0.6) is 0 Å². The van der Waals surface area contributed by atoms with Crippen molar-refractivity contribution in [3.8, 4) is 0 Å². The summed E-state index contributed by atoms with van der Waals surface area (Å²) in [7, 11) is 0.276. The van der Waals surface area contributed by atoms with Crippen molar-refractivity contribution < 1.29 is 26.8 Å². The Labute approximate surface area is 144 Å². The minimum atomic E-state index is -3.71. The number of likely N-dealkylation sites (N-methyl/N-ethyl adjacent to an activating group) is 1. The summed E-state index contributed by atoms with van der Waals surface area (Å²) in [6, 6.07) is 8.02. The second-order valence-corrected chi connectivity index (χ2v) is 6.84. The molecule has 0 amide bonds. The standard InChI is InChI=1S/C16H27NO6S/c1-17(2)8-9-20-10-11-21-12-13-22-14-15-23-24(18,19)16-6-4-3-5-7-16/h3-7H,8-15H2,1-2H3. The first-order valence-electron chi connectivity index (χ1n) is 7.85. The molecule has 0 atom stereocenters. The molecular weight excluding hydrogens is 334 g/mol. The highest BCUT2D eigenvalue weighted by Gasteiger charge is 2.13. The predicted octanol–water partition coefficient (Wildman–Crippen LogP) is 1.00. The molecule has 8 heteroatoms. The average Bonchev–Trinajstić information content (AvgIpc) is 2.56. The highest BCUT2D eigenvalue weighted by molar-refractivity contribution is 7.86. The maximum atomic E-state index is 11.8. The topological polar surface area (TPSA) is 74.3 Å². The molecule has 0 heterocycles. The highest BCUT2D eigenvalue weighted by Crippen LogP contribution is 2.10. The Morgan fingerprint density at radius 2 is 1.29 bits per heavy atom. The van der Waals surface area contributed by atoms with Crippen LogP contribution in [0.15, 0.2) is 35.2 Å². The molecule has 1 rings (SSSR count). The first kappa shape index (κ1) is 21.0. The number of ether oxygens (including phenoxy) is 3. The third-order valence-corrected chi connectivity index (χ3v) is 4.25. The first-order valence-corrected chi connectivity index (χ1v) is 9.25. The van der Waals surface area contributed by atoms with E-state index >= 15 is 0 Å². The molecule has 7 nitrogen and oxygen atoms in total. The van der Waals surface area contributed by atoms with Gasteiger partial charge in [-0.3, -0.25) is 4.18 Å². The number of rotatable bonds is 14. The van der Waals surface area contributed by atoms with Crippen LogP contribution in [-0.4, -0.2) is 80.2 Å². The highest BCUT2D eigenvalue weighted by atomic mass is 32.2. The normalized spacial score (nSPS) is 12.0. The van der Waals surface area contributed by atoms with Gasteiger partial charge in [-0.1, -0.05) is 18.2 Å². The van der Waals surface area contributed by atoms with Gasteiger partial charge < -0.3 is 19.1 Å². The summed E-state index contributed by atoms with van der Waals surface area (Å²) in [6.45, 7) is 3.60. The van der Waals surface area contributed by atoms with Crippen molar-refractivity contribution in [1.29, 1.82) is 0 Å². The van der Waals surface area contributed by atoms with E-state index in [1.165, 1.54) is 12.1 Å². The fourth-order valence-corrected chi connectivity index (χ4v) is 2.56. The van der Waals surface area contributed by atoms with E-state index in [1.54, 1.807) is 18.2 Å². The zero-order chi connectivity index (χ0) is 17.7. The van der Waals surface area contributed by atoms with Crippen LogP contribution in [0, 0.1) is 0 Å². The fraction of sp³-hybridized carbons (Fsp3) is 0.625. The Morgan fingerprint density at radius 1 is 0.792 bits per heavy atom. The molecule has 1 aromatic carbocycles. The molecule has 0 spiro atoms. The zero-order valence-electron chi connectivity index (χ0n) is 14.3. The minimum Gasteiger partial charge on any atom is -0.378 e. The largest absolute Gasteiger partial charge is 0.378 e. The second-order valence-electron chi connectivity index (χ2n) is 5.23. The average molecular weight is 361 g/mol. The fourth-order valence-electron chi connectivity index (χ4n) is 1.65. The van der Waals surface area contributed by atoms with Gasteiger partial charge in [0.1, 0.15) is 0 Å². The smallest absolute Gasteiger partial charge is 0.297 e. The van der Waals surface area contributed by atoms with Crippen molar-refractivity contribution in [3.05, 3.63) is 30.3 Å². The van der Waals surface area contributed by atoms with Crippen LogP contribution >= 0.6 is 0 Å². The van der Waals surface area contributed by atoms with Gasteiger partial charge in [0.05, 0.1) is 51.1 Å². The molecule has 0 saturated heterocycles. The molecule has 0 unspecified atom stereocenters. The SMILES string of the molecule is CN(C)CCOCCOCCOCCOS(=O)(=O)c1ccccc1. The van der Waals surface area contributed by atoms with Gasteiger partial charge in [0.15, 0.2) is 0 Å². The van der Waals surface area contributed by atoms with Crippen molar-refractivity contribution in [2.45, 2.75) is 4.90 Å². The molecule has 0 saturated carbocycles. The molecule has 0 aromatic heterocycles. The molecular formula is C16H27NO6S. The lowest BCUT2D eigenvalue weighted by molar-refractivity contribution is 0.00785. The zero-order valence-corrected chi connectivity index (χ0v) is 15.2. The van der Waals surface area contributed by atoms with Gasteiger partial charge in [-0.15, -0.1) is 0 Å². The Morgan fingerprint density at radius 3 is 1.83 bits per heavy atom. The molecule has 24 heavy (non-hydrogen) atoms. The van der Waals surface area contributed by atoms with Gasteiger partial charge in [0, 0.05) is 6.54 Å². The van der Waals surface area contributed by atoms with Crippen LogP contribution in [0.1, 0.15) is 0 Å². The molecule has 1 aromatic rings. The Kier molecular flexibility index (Phi) is 10.8. The number of hydrogen-bond acceptors (Lipinski definition) is 7. The van der Waals surface area contributed by atoms with Gasteiger partial charge in [0.2, 0.25) is 0 Å². The summed E-state index contributed by atoms with van der Waals surface area (Å²) in [5.41, 5.74) is 0. The van der Waals surface area contributed by atoms with E-state index < -0.39 is 10.1 Å². The molecule has 0 aliphatic carbocycles. The van der Waals surface area contributed by atoms with Crippen LogP contribution in [0.2, 0.25) is 0 Å². The second kappa shape index (κ2) is 12.3. The predicted molar refractivity (Wildman–Crippen MR) is 90.6 cm³/mol. The monoisotopic (exact) mass is 361 g/mol. The van der Waals surface area contributed by atoms with E-state index in [4.69, 9.17) is 18.4 Å².